The van der Waals surface area contributed by atoms with E-state index in [0.29, 0.717) is 11.8 Å². The lowest BCUT2D eigenvalue weighted by molar-refractivity contribution is -0.278. The van der Waals surface area contributed by atoms with E-state index in [0.717, 1.165) is 44.9 Å². The number of aliphatic hydroxyl groups excluding tert-OH is 3. The zero-order valence-electron chi connectivity index (χ0n) is 22.8. The van der Waals surface area contributed by atoms with Gasteiger partial charge in [0, 0.05) is 5.41 Å². The van der Waals surface area contributed by atoms with Gasteiger partial charge in [-0.2, -0.15) is 0 Å². The van der Waals surface area contributed by atoms with E-state index >= 15 is 0 Å². The lowest BCUT2D eigenvalue weighted by Gasteiger charge is -2.72. The highest BCUT2D eigenvalue weighted by Gasteiger charge is 2.72. The molecule has 0 radical (unpaired) electrons. The Labute approximate surface area is 211 Å². The lowest BCUT2D eigenvalue weighted by atomic mass is 9.33. The quantitative estimate of drug-likeness (QED) is 0.388. The van der Waals surface area contributed by atoms with Gasteiger partial charge in [-0.15, -0.1) is 0 Å². The first kappa shape index (κ1) is 25.7. The summed E-state index contributed by atoms with van der Waals surface area (Å²) < 4.78 is 0. The molecule has 0 saturated heterocycles. The monoisotopic (exact) mass is 488 g/mol. The van der Waals surface area contributed by atoms with Crippen LogP contribution in [0.25, 0.3) is 0 Å². The Bertz CT molecular complexity index is 941. The fraction of sp³-hybridized carbons (Fsp3) is 0.900. The van der Waals surface area contributed by atoms with Gasteiger partial charge in [0.05, 0.1) is 17.6 Å². The number of fused-ring (bicyclic) bond motifs is 7. The fourth-order valence-electron chi connectivity index (χ4n) is 10.9. The maximum Gasteiger partial charge on any atom is 0.310 e. The molecule has 4 fully saturated rings. The highest BCUT2D eigenvalue weighted by atomic mass is 16.4. The van der Waals surface area contributed by atoms with Crippen molar-refractivity contribution < 1.29 is 25.2 Å². The average Bonchev–Trinajstić information content (AvgIpc) is 2.79. The zero-order chi connectivity index (χ0) is 25.9. The van der Waals surface area contributed by atoms with Crippen molar-refractivity contribution in [3.05, 3.63) is 11.6 Å². The molecular weight excluding hydrogens is 440 g/mol. The summed E-state index contributed by atoms with van der Waals surface area (Å²) in [5, 5.41) is 44.0. The molecule has 5 nitrogen and oxygen atoms in total. The van der Waals surface area contributed by atoms with Crippen LogP contribution in [0.15, 0.2) is 11.6 Å². The van der Waals surface area contributed by atoms with E-state index in [1.54, 1.807) is 0 Å². The van der Waals surface area contributed by atoms with E-state index in [-0.39, 0.29) is 28.6 Å². The second-order valence-electron chi connectivity index (χ2n) is 14.7. The van der Waals surface area contributed by atoms with Crippen LogP contribution >= 0.6 is 0 Å². The van der Waals surface area contributed by atoms with Gasteiger partial charge in [-0.3, -0.25) is 4.79 Å². The lowest BCUT2D eigenvalue weighted by Crippen LogP contribution is -2.72. The number of aliphatic carboxylic acids is 1. The Morgan fingerprint density at radius 2 is 1.54 bits per heavy atom. The van der Waals surface area contributed by atoms with Crippen molar-refractivity contribution in [1.82, 2.24) is 0 Å². The highest BCUT2D eigenvalue weighted by molar-refractivity contribution is 5.76. The largest absolute Gasteiger partial charge is 0.481 e. The zero-order valence-corrected chi connectivity index (χ0v) is 22.8. The molecule has 0 aromatic heterocycles. The van der Waals surface area contributed by atoms with Gasteiger partial charge in [0.25, 0.3) is 0 Å². The fourth-order valence-corrected chi connectivity index (χ4v) is 10.9. The minimum Gasteiger partial charge on any atom is -0.481 e. The summed E-state index contributed by atoms with van der Waals surface area (Å²) in [5.74, 6) is 0.545. The third kappa shape index (κ3) is 2.84. The Balaban J connectivity index is 1.65. The summed E-state index contributed by atoms with van der Waals surface area (Å²) in [7, 11) is 0. The molecule has 5 aliphatic carbocycles. The van der Waals surface area contributed by atoms with Gasteiger partial charge >= 0.3 is 5.97 Å². The maximum atomic E-state index is 12.8. The number of carbonyl (C=O) groups is 1. The number of carboxylic acids is 1. The van der Waals surface area contributed by atoms with Crippen molar-refractivity contribution >= 4 is 5.97 Å². The van der Waals surface area contributed by atoms with Crippen molar-refractivity contribution in [3.63, 3.8) is 0 Å². The van der Waals surface area contributed by atoms with Crippen LogP contribution in [0, 0.1) is 56.7 Å². The summed E-state index contributed by atoms with van der Waals surface area (Å²) in [6.45, 7) is 15.6. The van der Waals surface area contributed by atoms with Crippen LogP contribution in [-0.4, -0.2) is 44.7 Å². The molecule has 5 rings (SSSR count). The highest BCUT2D eigenvalue weighted by Crippen LogP contribution is 2.75. The van der Waals surface area contributed by atoms with Crippen LogP contribution in [0.5, 0.6) is 0 Å². The molecule has 0 aliphatic heterocycles. The maximum absolute atomic E-state index is 12.8. The molecule has 198 valence electrons. The second-order valence-corrected chi connectivity index (χ2v) is 14.7. The normalized spacial score (nSPS) is 57.1. The van der Waals surface area contributed by atoms with Gasteiger partial charge in [0.15, 0.2) is 0 Å². The molecule has 0 aromatic rings. The molecular formula is C30H48O5. The first-order chi connectivity index (χ1) is 16.1. The van der Waals surface area contributed by atoms with Crippen molar-refractivity contribution in [3.8, 4) is 0 Å². The Morgan fingerprint density at radius 3 is 2.17 bits per heavy atom. The number of carboxylic acid groups (broad SMARTS) is 1. The number of rotatable bonds is 1. The average molecular weight is 489 g/mol. The van der Waals surface area contributed by atoms with Crippen molar-refractivity contribution in [1.29, 1.82) is 0 Å². The molecule has 4 N–H and O–H groups in total. The summed E-state index contributed by atoms with van der Waals surface area (Å²) in [6, 6.07) is 0. The molecule has 35 heavy (non-hydrogen) atoms. The van der Waals surface area contributed by atoms with E-state index in [1.165, 1.54) is 5.57 Å². The predicted octanol–water partition coefficient (Wildman–Crippen LogP) is 5.03. The minimum atomic E-state index is -1.16. The van der Waals surface area contributed by atoms with Gasteiger partial charge in [0.2, 0.25) is 0 Å². The van der Waals surface area contributed by atoms with Crippen LogP contribution in [0.4, 0.5) is 0 Å². The van der Waals surface area contributed by atoms with Gasteiger partial charge in [-0.05, 0) is 90.8 Å². The van der Waals surface area contributed by atoms with Gasteiger partial charge in [-0.25, -0.2) is 0 Å². The van der Waals surface area contributed by atoms with Crippen LogP contribution in [-0.2, 0) is 4.79 Å². The molecule has 3 unspecified atom stereocenters. The van der Waals surface area contributed by atoms with Crippen LogP contribution < -0.4 is 0 Å². The predicted molar refractivity (Wildman–Crippen MR) is 135 cm³/mol. The smallest absolute Gasteiger partial charge is 0.310 e. The first-order valence-corrected chi connectivity index (χ1v) is 14.1. The summed E-state index contributed by atoms with van der Waals surface area (Å²) in [4.78, 5) is 12.8. The Morgan fingerprint density at radius 1 is 0.886 bits per heavy atom. The number of allylic oxidation sites excluding steroid dienone is 2. The first-order valence-electron chi connectivity index (χ1n) is 14.1. The second kappa shape index (κ2) is 7.57. The van der Waals surface area contributed by atoms with Crippen molar-refractivity contribution in [2.24, 2.45) is 56.7 Å². The molecule has 0 aromatic carbocycles. The Hall–Kier alpha value is -0.910. The van der Waals surface area contributed by atoms with Crippen LogP contribution in [0.3, 0.4) is 0 Å². The summed E-state index contributed by atoms with van der Waals surface area (Å²) in [5.41, 5.74) is -0.536. The molecule has 0 amide bonds. The third-order valence-electron chi connectivity index (χ3n) is 13.5. The molecule has 0 bridgehead atoms. The molecule has 4 saturated carbocycles. The van der Waals surface area contributed by atoms with Crippen molar-refractivity contribution in [2.75, 3.05) is 0 Å². The van der Waals surface area contributed by atoms with Gasteiger partial charge in [0.1, 0.15) is 6.10 Å². The number of hydrogen-bond acceptors (Lipinski definition) is 4. The molecule has 5 aliphatic rings. The Kier molecular flexibility index (Phi) is 5.56. The number of aliphatic hydroxyl groups is 3. The van der Waals surface area contributed by atoms with Gasteiger partial charge in [-0.1, -0.05) is 60.1 Å². The van der Waals surface area contributed by atoms with Crippen LogP contribution in [0.1, 0.15) is 93.4 Å². The van der Waals surface area contributed by atoms with Crippen LogP contribution in [0.2, 0.25) is 0 Å². The standard InChI is InChI=1S/C30H48O5/c1-16-10-13-30(25(34)35)15-14-27(5)18(21(30)17(16)2)8-9-20-28(27,6)12-11-19-26(3,4)23(32)22(31)24(33)29(19,20)7/h8,16-17,19-24,31-33H,9-15H2,1-7H3,(H,34,35)/t16-,17+,19?,20?,21?,22+,23+,24-,27-,28-,29+,30+/m1/s1. The van der Waals surface area contributed by atoms with E-state index in [2.05, 4.69) is 54.5 Å². The van der Waals surface area contributed by atoms with Crippen molar-refractivity contribution in [2.45, 2.75) is 112 Å². The number of hydrogen-bond donors (Lipinski definition) is 4. The summed E-state index contributed by atoms with van der Waals surface area (Å²) in [6.07, 6.45) is 5.34. The topological polar surface area (TPSA) is 98.0 Å². The molecule has 12 atom stereocenters. The SMILES string of the molecule is C[C@@H]1CC[C@]2(C(=O)O)CC[C@]3(C)C(=CCC4[C@]5(C)C(CC[C@]43C)C(C)(C)[C@@H](O)[C@H](O)[C@H]5O)C2[C@H]1C. The molecule has 0 spiro atoms. The summed E-state index contributed by atoms with van der Waals surface area (Å²) >= 11 is 0. The van der Waals surface area contributed by atoms with Gasteiger partial charge < -0.3 is 20.4 Å². The van der Waals surface area contributed by atoms with E-state index in [9.17, 15) is 25.2 Å². The van der Waals surface area contributed by atoms with E-state index in [1.807, 2.05) is 0 Å². The molecule has 0 heterocycles. The van der Waals surface area contributed by atoms with E-state index < -0.39 is 40.5 Å². The molecule has 5 heteroatoms. The third-order valence-corrected chi connectivity index (χ3v) is 13.5. The van der Waals surface area contributed by atoms with E-state index in [4.69, 9.17) is 0 Å². The minimum absolute atomic E-state index is 0.0611.